The van der Waals surface area contributed by atoms with Crippen LogP contribution in [-0.4, -0.2) is 12.5 Å². The summed E-state index contributed by atoms with van der Waals surface area (Å²) in [6.45, 7) is 4.91. The molecule has 1 rings (SSSR count). The molecule has 2 nitrogen and oxygen atoms in total. The van der Waals surface area contributed by atoms with Crippen LogP contribution in [0.15, 0.2) is 24.3 Å². The van der Waals surface area contributed by atoms with Gasteiger partial charge in [-0.25, -0.2) is 0 Å². The zero-order valence-electron chi connectivity index (χ0n) is 10.5. The third-order valence-electron chi connectivity index (χ3n) is 2.42. The molecule has 4 heteroatoms. The SMILES string of the molecule is CC(C)CCNC(=O)/C=C/c1c(Cl)cccc1Cl. The van der Waals surface area contributed by atoms with E-state index < -0.39 is 0 Å². The lowest BCUT2D eigenvalue weighted by atomic mass is 10.1. The maximum atomic E-state index is 11.5. The van der Waals surface area contributed by atoms with Crippen molar-refractivity contribution >= 4 is 35.2 Å². The maximum Gasteiger partial charge on any atom is 0.244 e. The monoisotopic (exact) mass is 285 g/mol. The van der Waals surface area contributed by atoms with Gasteiger partial charge in [-0.05, 0) is 30.5 Å². The quantitative estimate of drug-likeness (QED) is 0.809. The number of nitrogens with one attached hydrogen (secondary N) is 1. The van der Waals surface area contributed by atoms with E-state index in [9.17, 15) is 4.79 Å². The molecule has 0 fully saturated rings. The summed E-state index contributed by atoms with van der Waals surface area (Å²) in [6.07, 6.45) is 4.05. The minimum atomic E-state index is -0.133. The van der Waals surface area contributed by atoms with Crippen LogP contribution in [0.2, 0.25) is 10.0 Å². The van der Waals surface area contributed by atoms with Gasteiger partial charge in [0.2, 0.25) is 5.91 Å². The minimum absolute atomic E-state index is 0.133. The van der Waals surface area contributed by atoms with Gasteiger partial charge in [-0.2, -0.15) is 0 Å². The first-order valence-electron chi connectivity index (χ1n) is 5.90. The predicted molar refractivity (Wildman–Crippen MR) is 78.0 cm³/mol. The van der Waals surface area contributed by atoms with E-state index in [-0.39, 0.29) is 5.91 Å². The van der Waals surface area contributed by atoms with Crippen molar-refractivity contribution in [3.8, 4) is 0 Å². The van der Waals surface area contributed by atoms with Crippen molar-refractivity contribution in [1.82, 2.24) is 5.32 Å². The molecule has 0 unspecified atom stereocenters. The molecular formula is C14H17Cl2NO. The summed E-state index contributed by atoms with van der Waals surface area (Å²) in [5, 5.41) is 3.88. The van der Waals surface area contributed by atoms with Crippen LogP contribution in [0.5, 0.6) is 0 Å². The lowest BCUT2D eigenvalue weighted by Gasteiger charge is -2.05. The number of carbonyl (C=O) groups is 1. The second-order valence-electron chi connectivity index (χ2n) is 4.44. The second kappa shape index (κ2) is 7.45. The zero-order chi connectivity index (χ0) is 13.5. The Morgan fingerprint density at radius 3 is 2.50 bits per heavy atom. The largest absolute Gasteiger partial charge is 0.353 e. The highest BCUT2D eigenvalue weighted by atomic mass is 35.5. The molecular weight excluding hydrogens is 269 g/mol. The molecule has 98 valence electrons. The molecule has 0 aliphatic rings. The number of hydrogen-bond donors (Lipinski definition) is 1. The molecule has 0 aliphatic carbocycles. The smallest absolute Gasteiger partial charge is 0.244 e. The van der Waals surface area contributed by atoms with E-state index >= 15 is 0 Å². The molecule has 0 saturated carbocycles. The number of rotatable bonds is 5. The van der Waals surface area contributed by atoms with Crippen LogP contribution >= 0.6 is 23.2 Å². The lowest BCUT2D eigenvalue weighted by Crippen LogP contribution is -2.23. The first-order valence-corrected chi connectivity index (χ1v) is 6.66. The Morgan fingerprint density at radius 1 is 1.33 bits per heavy atom. The number of benzene rings is 1. The summed E-state index contributed by atoms with van der Waals surface area (Å²) in [5.41, 5.74) is 0.667. The third kappa shape index (κ3) is 5.11. The molecule has 0 aromatic heterocycles. The Balaban J connectivity index is 2.56. The normalized spacial score (nSPS) is 11.2. The summed E-state index contributed by atoms with van der Waals surface area (Å²) in [5.74, 6) is 0.443. The Hall–Kier alpha value is -0.990. The van der Waals surface area contributed by atoms with Crippen LogP contribution in [0, 0.1) is 5.92 Å². The summed E-state index contributed by atoms with van der Waals surface area (Å²) in [6, 6.07) is 5.25. The number of carbonyl (C=O) groups excluding carboxylic acids is 1. The first-order chi connectivity index (χ1) is 8.50. The average Bonchev–Trinajstić information content (AvgIpc) is 2.27. The lowest BCUT2D eigenvalue weighted by molar-refractivity contribution is -0.116. The summed E-state index contributed by atoms with van der Waals surface area (Å²) in [7, 11) is 0. The van der Waals surface area contributed by atoms with Gasteiger partial charge in [0.1, 0.15) is 0 Å². The highest BCUT2D eigenvalue weighted by Crippen LogP contribution is 2.25. The van der Waals surface area contributed by atoms with Crippen molar-refractivity contribution in [2.24, 2.45) is 5.92 Å². The molecule has 0 atom stereocenters. The fraction of sp³-hybridized carbons (Fsp3) is 0.357. The molecule has 1 amide bonds. The maximum absolute atomic E-state index is 11.5. The molecule has 0 saturated heterocycles. The number of halogens is 2. The molecule has 0 spiro atoms. The minimum Gasteiger partial charge on any atom is -0.353 e. The molecule has 1 aromatic rings. The van der Waals surface area contributed by atoms with Gasteiger partial charge in [0.05, 0.1) is 0 Å². The molecule has 0 bridgehead atoms. The van der Waals surface area contributed by atoms with Crippen LogP contribution < -0.4 is 5.32 Å². The van der Waals surface area contributed by atoms with E-state index in [4.69, 9.17) is 23.2 Å². The van der Waals surface area contributed by atoms with E-state index in [2.05, 4.69) is 19.2 Å². The fourth-order valence-corrected chi connectivity index (χ4v) is 1.90. The standard InChI is InChI=1S/C14H17Cl2NO/c1-10(2)8-9-17-14(18)7-6-11-12(15)4-3-5-13(11)16/h3-7,10H,8-9H2,1-2H3,(H,17,18)/b7-6+. The van der Waals surface area contributed by atoms with Crippen molar-refractivity contribution < 1.29 is 4.79 Å². The number of amides is 1. The van der Waals surface area contributed by atoms with Crippen molar-refractivity contribution in [2.45, 2.75) is 20.3 Å². The van der Waals surface area contributed by atoms with Crippen LogP contribution in [0.1, 0.15) is 25.8 Å². The topological polar surface area (TPSA) is 29.1 Å². The fourth-order valence-electron chi connectivity index (χ4n) is 1.37. The molecule has 0 heterocycles. The Kier molecular flexibility index (Phi) is 6.23. The van der Waals surface area contributed by atoms with Crippen LogP contribution in [0.4, 0.5) is 0 Å². The van der Waals surface area contributed by atoms with Gasteiger partial charge >= 0.3 is 0 Å². The Morgan fingerprint density at radius 2 is 1.94 bits per heavy atom. The van der Waals surface area contributed by atoms with Gasteiger partial charge < -0.3 is 5.32 Å². The van der Waals surface area contributed by atoms with Gasteiger partial charge in [-0.1, -0.05) is 43.1 Å². The predicted octanol–water partition coefficient (Wildman–Crippen LogP) is 4.17. The van der Waals surface area contributed by atoms with Crippen molar-refractivity contribution in [1.29, 1.82) is 0 Å². The first kappa shape index (κ1) is 15.1. The summed E-state index contributed by atoms with van der Waals surface area (Å²) in [4.78, 5) is 11.5. The third-order valence-corrected chi connectivity index (χ3v) is 3.08. The van der Waals surface area contributed by atoms with E-state index in [1.807, 2.05) is 0 Å². The Bertz CT molecular complexity index is 421. The molecule has 1 N–H and O–H groups in total. The molecule has 18 heavy (non-hydrogen) atoms. The summed E-state index contributed by atoms with van der Waals surface area (Å²) >= 11 is 12.0. The number of hydrogen-bond acceptors (Lipinski definition) is 1. The second-order valence-corrected chi connectivity index (χ2v) is 5.26. The van der Waals surface area contributed by atoms with E-state index in [0.717, 1.165) is 6.42 Å². The Labute approximate surface area is 118 Å². The van der Waals surface area contributed by atoms with E-state index in [0.29, 0.717) is 28.1 Å². The van der Waals surface area contributed by atoms with Crippen LogP contribution in [0.25, 0.3) is 6.08 Å². The van der Waals surface area contributed by atoms with Crippen molar-refractivity contribution in [3.05, 3.63) is 39.9 Å². The highest BCUT2D eigenvalue weighted by molar-refractivity contribution is 6.37. The van der Waals surface area contributed by atoms with Gasteiger partial charge in [-0.3, -0.25) is 4.79 Å². The van der Waals surface area contributed by atoms with Gasteiger partial charge in [0, 0.05) is 28.2 Å². The molecule has 1 aromatic carbocycles. The van der Waals surface area contributed by atoms with Gasteiger partial charge in [0.25, 0.3) is 0 Å². The highest BCUT2D eigenvalue weighted by Gasteiger charge is 2.02. The van der Waals surface area contributed by atoms with Gasteiger partial charge in [0.15, 0.2) is 0 Å². The van der Waals surface area contributed by atoms with E-state index in [1.165, 1.54) is 6.08 Å². The van der Waals surface area contributed by atoms with Crippen LogP contribution in [0.3, 0.4) is 0 Å². The molecule has 0 radical (unpaired) electrons. The summed E-state index contributed by atoms with van der Waals surface area (Å²) < 4.78 is 0. The van der Waals surface area contributed by atoms with Crippen molar-refractivity contribution in [3.63, 3.8) is 0 Å². The average molecular weight is 286 g/mol. The van der Waals surface area contributed by atoms with Gasteiger partial charge in [-0.15, -0.1) is 0 Å². The molecule has 0 aliphatic heterocycles. The van der Waals surface area contributed by atoms with Crippen molar-refractivity contribution in [2.75, 3.05) is 6.54 Å². The van der Waals surface area contributed by atoms with E-state index in [1.54, 1.807) is 24.3 Å². The van der Waals surface area contributed by atoms with Crippen LogP contribution in [-0.2, 0) is 4.79 Å². The zero-order valence-corrected chi connectivity index (χ0v) is 12.1.